The standard InChI is InChI=1S/C29H23F4N7O/c1-39-15-36-38-27(39)21-12-24(30)18(13-34)9-20(21)17-10-25(35-8-7-16-5-6-16)37-26(11-17)40-14-22-19(28(40)41)3-2-4-23(22)29(31,32)33/h2-4,9-12,15-16H,5-8,14H2,1H3,(H,35,37). The first-order chi connectivity index (χ1) is 19.6. The van der Waals surface area contributed by atoms with Gasteiger partial charge in [-0.1, -0.05) is 18.9 Å². The Hall–Kier alpha value is -4.79. The molecule has 12 heteroatoms. The molecule has 1 aliphatic carbocycles. The molecule has 208 valence electrons. The summed E-state index contributed by atoms with van der Waals surface area (Å²) >= 11 is 0. The van der Waals surface area contributed by atoms with E-state index in [1.54, 1.807) is 23.7 Å². The Bertz CT molecular complexity index is 1720. The topological polar surface area (TPSA) is 99.7 Å². The van der Waals surface area contributed by atoms with Crippen LogP contribution in [-0.4, -0.2) is 32.2 Å². The average Bonchev–Trinajstić information content (AvgIpc) is 3.57. The minimum Gasteiger partial charge on any atom is -0.370 e. The van der Waals surface area contributed by atoms with Gasteiger partial charge in [-0.3, -0.25) is 9.69 Å². The molecule has 1 amide bonds. The molecule has 0 spiro atoms. The summed E-state index contributed by atoms with van der Waals surface area (Å²) in [5, 5.41) is 20.8. The summed E-state index contributed by atoms with van der Waals surface area (Å²) < 4.78 is 57.7. The van der Waals surface area contributed by atoms with Crippen LogP contribution in [0.25, 0.3) is 22.5 Å². The van der Waals surface area contributed by atoms with Crippen molar-refractivity contribution in [3.63, 3.8) is 0 Å². The summed E-state index contributed by atoms with van der Waals surface area (Å²) in [5.41, 5.74) is 0.0141. The zero-order valence-corrected chi connectivity index (χ0v) is 21.8. The maximum atomic E-state index is 14.8. The largest absolute Gasteiger partial charge is 0.416 e. The molecule has 1 fully saturated rings. The quantitative estimate of drug-likeness (QED) is 0.280. The molecule has 3 heterocycles. The van der Waals surface area contributed by atoms with Crippen molar-refractivity contribution in [1.82, 2.24) is 19.7 Å². The minimum atomic E-state index is -4.63. The molecule has 0 bridgehead atoms. The van der Waals surface area contributed by atoms with Gasteiger partial charge in [0, 0.05) is 24.7 Å². The van der Waals surface area contributed by atoms with Crippen LogP contribution in [0.15, 0.2) is 48.8 Å². The van der Waals surface area contributed by atoms with Crippen LogP contribution in [0.5, 0.6) is 0 Å². The van der Waals surface area contributed by atoms with E-state index in [0.717, 1.165) is 25.3 Å². The number of hydrogen-bond acceptors (Lipinski definition) is 6. The zero-order valence-electron chi connectivity index (χ0n) is 21.8. The third-order valence-electron chi connectivity index (χ3n) is 7.41. The number of carbonyl (C=O) groups excluding carboxylic acids is 1. The first-order valence-corrected chi connectivity index (χ1v) is 13.0. The fraction of sp³-hybridized carbons (Fsp3) is 0.276. The van der Waals surface area contributed by atoms with Crippen molar-refractivity contribution in [2.45, 2.75) is 32.0 Å². The minimum absolute atomic E-state index is 0.0383. The lowest BCUT2D eigenvalue weighted by Crippen LogP contribution is -2.24. The Kier molecular flexibility index (Phi) is 6.44. The number of anilines is 2. The second kappa shape index (κ2) is 9.99. The van der Waals surface area contributed by atoms with Gasteiger partial charge in [-0.2, -0.15) is 18.4 Å². The van der Waals surface area contributed by atoms with E-state index in [2.05, 4.69) is 20.5 Å². The van der Waals surface area contributed by atoms with Gasteiger partial charge in [0.1, 0.15) is 29.8 Å². The molecule has 0 saturated heterocycles. The highest BCUT2D eigenvalue weighted by Crippen LogP contribution is 2.40. The first-order valence-electron chi connectivity index (χ1n) is 13.0. The van der Waals surface area contributed by atoms with E-state index in [1.807, 2.05) is 6.07 Å². The zero-order chi connectivity index (χ0) is 28.9. The van der Waals surface area contributed by atoms with Crippen LogP contribution in [0.4, 0.5) is 29.2 Å². The molecular weight excluding hydrogens is 538 g/mol. The predicted molar refractivity (Wildman–Crippen MR) is 142 cm³/mol. The predicted octanol–water partition coefficient (Wildman–Crippen LogP) is 5.95. The van der Waals surface area contributed by atoms with Gasteiger partial charge in [0.25, 0.3) is 5.91 Å². The lowest BCUT2D eigenvalue weighted by atomic mass is 9.96. The van der Waals surface area contributed by atoms with Crippen LogP contribution in [0.1, 0.15) is 46.3 Å². The van der Waals surface area contributed by atoms with Crippen LogP contribution in [0.2, 0.25) is 0 Å². The number of alkyl halides is 3. The maximum absolute atomic E-state index is 14.8. The number of nitrogens with one attached hydrogen (secondary N) is 1. The maximum Gasteiger partial charge on any atom is 0.416 e. The van der Waals surface area contributed by atoms with E-state index < -0.39 is 23.5 Å². The average molecular weight is 562 g/mol. The molecule has 0 atom stereocenters. The number of carbonyl (C=O) groups is 1. The third kappa shape index (κ3) is 4.99. The monoisotopic (exact) mass is 561 g/mol. The third-order valence-corrected chi connectivity index (χ3v) is 7.41. The lowest BCUT2D eigenvalue weighted by Gasteiger charge is -2.19. The summed E-state index contributed by atoms with van der Waals surface area (Å²) in [6.07, 6.45) is 0.0748. The Labute approximate surface area is 232 Å². The van der Waals surface area contributed by atoms with E-state index in [4.69, 9.17) is 0 Å². The molecule has 2 aliphatic rings. The van der Waals surface area contributed by atoms with Crippen molar-refractivity contribution in [2.75, 3.05) is 16.8 Å². The van der Waals surface area contributed by atoms with Gasteiger partial charge < -0.3 is 9.88 Å². The Morgan fingerprint density at radius 2 is 1.93 bits per heavy atom. The molecular formula is C29H23F4N7O. The number of aryl methyl sites for hydroxylation is 1. The second-order valence-corrected chi connectivity index (χ2v) is 10.2. The highest BCUT2D eigenvalue weighted by Gasteiger charge is 2.40. The van der Waals surface area contributed by atoms with Crippen LogP contribution in [0, 0.1) is 23.1 Å². The van der Waals surface area contributed by atoms with Crippen molar-refractivity contribution in [3.05, 3.63) is 76.9 Å². The smallest absolute Gasteiger partial charge is 0.370 e. The number of fused-ring (bicyclic) bond motifs is 1. The normalized spacial score (nSPS) is 14.7. The van der Waals surface area contributed by atoms with Gasteiger partial charge in [0.05, 0.1) is 17.7 Å². The summed E-state index contributed by atoms with van der Waals surface area (Å²) in [6.45, 7) is 0.292. The van der Waals surface area contributed by atoms with E-state index >= 15 is 0 Å². The van der Waals surface area contributed by atoms with Gasteiger partial charge in [0.15, 0.2) is 5.82 Å². The number of aromatic nitrogens is 4. The summed E-state index contributed by atoms with van der Waals surface area (Å²) in [6, 6.07) is 11.2. The van der Waals surface area contributed by atoms with Crippen LogP contribution < -0.4 is 10.2 Å². The molecule has 2 aromatic heterocycles. The summed E-state index contributed by atoms with van der Waals surface area (Å²) in [5.74, 6) is 0.145. The molecule has 4 aromatic rings. The molecule has 41 heavy (non-hydrogen) atoms. The first kappa shape index (κ1) is 26.4. The fourth-order valence-electron chi connectivity index (χ4n) is 5.10. The molecule has 6 rings (SSSR count). The number of pyridine rings is 1. The van der Waals surface area contributed by atoms with Gasteiger partial charge in [0.2, 0.25) is 0 Å². The van der Waals surface area contributed by atoms with Crippen LogP contribution >= 0.6 is 0 Å². The number of rotatable bonds is 7. The van der Waals surface area contributed by atoms with E-state index in [0.29, 0.717) is 40.8 Å². The number of halogens is 4. The highest BCUT2D eigenvalue weighted by molar-refractivity contribution is 6.10. The molecule has 0 radical (unpaired) electrons. The van der Waals surface area contributed by atoms with Gasteiger partial charge in [-0.25, -0.2) is 9.37 Å². The Balaban J connectivity index is 1.48. The van der Waals surface area contributed by atoms with Gasteiger partial charge >= 0.3 is 6.18 Å². The van der Waals surface area contributed by atoms with Gasteiger partial charge in [-0.15, -0.1) is 10.2 Å². The van der Waals surface area contributed by atoms with Crippen molar-refractivity contribution in [2.24, 2.45) is 13.0 Å². The SMILES string of the molecule is Cn1cnnc1-c1cc(F)c(C#N)cc1-c1cc(NCCC2CC2)nc(N2Cc3c(cccc3C(F)(F)F)C2=O)c1. The van der Waals surface area contributed by atoms with E-state index in [1.165, 1.54) is 35.5 Å². The molecule has 1 aliphatic heterocycles. The van der Waals surface area contributed by atoms with Crippen molar-refractivity contribution < 1.29 is 22.4 Å². The number of amides is 1. The van der Waals surface area contributed by atoms with Crippen LogP contribution in [0.3, 0.4) is 0 Å². The summed E-state index contributed by atoms with van der Waals surface area (Å²) in [4.78, 5) is 19.2. The molecule has 1 saturated carbocycles. The van der Waals surface area contributed by atoms with Crippen molar-refractivity contribution in [3.8, 4) is 28.6 Å². The van der Waals surface area contributed by atoms with Crippen LogP contribution in [-0.2, 0) is 19.8 Å². The molecule has 8 nitrogen and oxygen atoms in total. The molecule has 2 aromatic carbocycles. The number of benzene rings is 2. The molecule has 1 N–H and O–H groups in total. The summed E-state index contributed by atoms with van der Waals surface area (Å²) in [7, 11) is 1.69. The Morgan fingerprint density at radius 3 is 2.61 bits per heavy atom. The molecule has 0 unspecified atom stereocenters. The fourth-order valence-corrected chi connectivity index (χ4v) is 5.10. The Morgan fingerprint density at radius 1 is 1.12 bits per heavy atom. The van der Waals surface area contributed by atoms with E-state index in [-0.39, 0.29) is 29.1 Å². The number of nitrogens with zero attached hydrogens (tertiary/aromatic N) is 6. The van der Waals surface area contributed by atoms with Crippen molar-refractivity contribution in [1.29, 1.82) is 5.26 Å². The highest BCUT2D eigenvalue weighted by atomic mass is 19.4. The van der Waals surface area contributed by atoms with Crippen molar-refractivity contribution >= 4 is 17.5 Å². The number of hydrogen-bond donors (Lipinski definition) is 1. The van der Waals surface area contributed by atoms with E-state index in [9.17, 15) is 27.6 Å². The lowest BCUT2D eigenvalue weighted by molar-refractivity contribution is -0.138. The van der Waals surface area contributed by atoms with Gasteiger partial charge in [-0.05, 0) is 65.4 Å². The number of nitriles is 1. The second-order valence-electron chi connectivity index (χ2n) is 10.2.